The Balaban J connectivity index is 1.09. The monoisotopic (exact) mass is 531 g/mol. The molecule has 3 aromatic rings. The van der Waals surface area contributed by atoms with E-state index in [1.54, 1.807) is 0 Å². The Bertz CT molecular complexity index is 1640. The molecule has 1 nitrogen and oxygen atoms in total. The van der Waals surface area contributed by atoms with E-state index < -0.39 is 0 Å². The Morgan fingerprint density at radius 1 is 0.683 bits per heavy atom. The maximum Gasteiger partial charge on any atom is 0.0384 e. The van der Waals surface area contributed by atoms with Crippen LogP contribution in [0.25, 0.3) is 22.8 Å². The van der Waals surface area contributed by atoms with Gasteiger partial charge in [0.25, 0.3) is 0 Å². The lowest BCUT2D eigenvalue weighted by Gasteiger charge is -2.33. The first-order chi connectivity index (χ1) is 20.3. The van der Waals surface area contributed by atoms with Crippen LogP contribution in [-0.2, 0) is 6.42 Å². The van der Waals surface area contributed by atoms with E-state index in [1.165, 1.54) is 50.2 Å². The maximum atomic E-state index is 3.64. The lowest BCUT2D eigenvalue weighted by atomic mass is 9.71. The number of rotatable bonds is 6. The molecule has 0 radical (unpaired) electrons. The molecule has 0 saturated heterocycles. The molecular weight excluding hydrogens is 494 g/mol. The number of benzene rings is 3. The summed E-state index contributed by atoms with van der Waals surface area (Å²) in [4.78, 5) is 0. The van der Waals surface area contributed by atoms with E-state index >= 15 is 0 Å². The van der Waals surface area contributed by atoms with Gasteiger partial charge in [-0.1, -0.05) is 115 Å². The van der Waals surface area contributed by atoms with E-state index in [-0.39, 0.29) is 0 Å². The van der Waals surface area contributed by atoms with Crippen LogP contribution < -0.4 is 5.32 Å². The van der Waals surface area contributed by atoms with Crippen LogP contribution in [0.2, 0.25) is 0 Å². The van der Waals surface area contributed by atoms with Crippen LogP contribution in [0.4, 0.5) is 5.69 Å². The molecule has 0 amide bonds. The molecule has 1 heteroatoms. The number of nitrogens with one attached hydrogen (secondary N) is 1. The van der Waals surface area contributed by atoms with Gasteiger partial charge in [-0.15, -0.1) is 0 Å². The van der Waals surface area contributed by atoms with E-state index in [0.717, 1.165) is 44.2 Å². The molecule has 1 N–H and O–H groups in total. The standard InChI is InChI=1S/C40H37N/c1-3-9-29(10-4-1)31-17-22-37(23-18-31)41-38-24-19-33(20-25-38)40-28-36(21-26-39(40)32-12-5-2-6-13-32)35-16-15-30-11-7-8-14-34(30)27-35/h1-5,7,9-12,15-19,21-27,33,40-41H,6,8,13-14,20,28H2. The molecule has 3 aromatic carbocycles. The number of aryl methyl sites for hydroxylation is 1. The van der Waals surface area contributed by atoms with Gasteiger partial charge in [0.2, 0.25) is 0 Å². The molecule has 7 rings (SSSR count). The molecule has 41 heavy (non-hydrogen) atoms. The van der Waals surface area contributed by atoms with Crippen LogP contribution in [0.1, 0.15) is 48.8 Å². The molecule has 0 saturated carbocycles. The second kappa shape index (κ2) is 11.6. The summed E-state index contributed by atoms with van der Waals surface area (Å²) in [6.45, 7) is 0. The fraction of sp³-hybridized carbons (Fsp3) is 0.200. The van der Waals surface area contributed by atoms with Crippen molar-refractivity contribution in [3.05, 3.63) is 161 Å². The SMILES string of the molecule is C1=CCCC(C2=CC=C(c3ccc4c(c3)CCC=C4)CC2C2C=CC(Nc3ccc(-c4ccccc4)cc3)=CC2)=C1. The van der Waals surface area contributed by atoms with Crippen molar-refractivity contribution in [1.29, 1.82) is 0 Å². The van der Waals surface area contributed by atoms with Gasteiger partial charge >= 0.3 is 0 Å². The second-order valence-electron chi connectivity index (χ2n) is 11.6. The van der Waals surface area contributed by atoms with E-state index in [0.29, 0.717) is 11.8 Å². The molecule has 4 aliphatic carbocycles. The van der Waals surface area contributed by atoms with Crippen molar-refractivity contribution in [3.63, 3.8) is 0 Å². The molecule has 0 fully saturated rings. The van der Waals surface area contributed by atoms with Crippen molar-refractivity contribution < 1.29 is 0 Å². The first kappa shape index (κ1) is 25.6. The van der Waals surface area contributed by atoms with Gasteiger partial charge in [-0.25, -0.2) is 0 Å². The summed E-state index contributed by atoms with van der Waals surface area (Å²) < 4.78 is 0. The fourth-order valence-corrected chi connectivity index (χ4v) is 6.72. The lowest BCUT2D eigenvalue weighted by Crippen LogP contribution is -2.21. The second-order valence-corrected chi connectivity index (χ2v) is 11.6. The zero-order chi connectivity index (χ0) is 27.4. The molecule has 0 heterocycles. The highest BCUT2D eigenvalue weighted by atomic mass is 14.9. The van der Waals surface area contributed by atoms with Crippen molar-refractivity contribution >= 4 is 17.3 Å². The summed E-state index contributed by atoms with van der Waals surface area (Å²) in [7, 11) is 0. The minimum Gasteiger partial charge on any atom is -0.356 e. The predicted molar refractivity (Wildman–Crippen MR) is 175 cm³/mol. The van der Waals surface area contributed by atoms with Gasteiger partial charge in [0, 0.05) is 11.4 Å². The highest BCUT2D eigenvalue weighted by Crippen LogP contribution is 2.43. The molecule has 0 bridgehead atoms. The summed E-state index contributed by atoms with van der Waals surface area (Å²) in [5.74, 6) is 0.978. The van der Waals surface area contributed by atoms with Gasteiger partial charge in [0.1, 0.15) is 0 Å². The Kier molecular flexibility index (Phi) is 7.26. The van der Waals surface area contributed by atoms with Crippen LogP contribution in [0.15, 0.2) is 144 Å². The molecule has 2 atom stereocenters. The molecule has 0 aliphatic heterocycles. The summed E-state index contributed by atoms with van der Waals surface area (Å²) in [6, 6.07) is 26.4. The third kappa shape index (κ3) is 5.63. The molecule has 0 spiro atoms. The van der Waals surface area contributed by atoms with E-state index in [1.807, 2.05) is 0 Å². The predicted octanol–water partition coefficient (Wildman–Crippen LogP) is 10.5. The van der Waals surface area contributed by atoms with Crippen LogP contribution in [-0.4, -0.2) is 0 Å². The first-order valence-electron chi connectivity index (χ1n) is 15.2. The fourth-order valence-electron chi connectivity index (χ4n) is 6.72. The minimum atomic E-state index is 0.489. The number of allylic oxidation sites excluding steroid dienone is 12. The number of fused-ring (bicyclic) bond motifs is 1. The normalized spacial score (nSPS) is 21.4. The molecule has 0 aromatic heterocycles. The Labute approximate surface area is 244 Å². The van der Waals surface area contributed by atoms with Crippen LogP contribution >= 0.6 is 0 Å². The average molecular weight is 532 g/mol. The number of hydrogen-bond acceptors (Lipinski definition) is 1. The zero-order valence-corrected chi connectivity index (χ0v) is 23.6. The summed E-state index contributed by atoms with van der Waals surface area (Å²) in [6.07, 6.45) is 30.2. The van der Waals surface area contributed by atoms with Crippen molar-refractivity contribution in [3.8, 4) is 11.1 Å². The highest BCUT2D eigenvalue weighted by Gasteiger charge is 2.29. The van der Waals surface area contributed by atoms with Crippen molar-refractivity contribution in [2.75, 3.05) is 5.32 Å². The zero-order valence-electron chi connectivity index (χ0n) is 23.6. The smallest absolute Gasteiger partial charge is 0.0384 e. The summed E-state index contributed by atoms with van der Waals surface area (Å²) >= 11 is 0. The van der Waals surface area contributed by atoms with Crippen molar-refractivity contribution in [2.45, 2.75) is 38.5 Å². The average Bonchev–Trinajstić information content (AvgIpc) is 3.06. The first-order valence-corrected chi connectivity index (χ1v) is 15.2. The number of hydrogen-bond donors (Lipinski definition) is 1. The molecule has 2 unspecified atom stereocenters. The van der Waals surface area contributed by atoms with E-state index in [9.17, 15) is 0 Å². The highest BCUT2D eigenvalue weighted by molar-refractivity contribution is 5.73. The third-order valence-corrected chi connectivity index (χ3v) is 9.01. The number of anilines is 1. The lowest BCUT2D eigenvalue weighted by molar-refractivity contribution is 0.459. The van der Waals surface area contributed by atoms with Gasteiger partial charge in [-0.2, -0.15) is 0 Å². The molecule has 4 aliphatic rings. The quantitative estimate of drug-likeness (QED) is 0.334. The molecular formula is C40H37N. The van der Waals surface area contributed by atoms with Crippen LogP contribution in [0, 0.1) is 11.8 Å². The van der Waals surface area contributed by atoms with Crippen LogP contribution in [0.3, 0.4) is 0 Å². The van der Waals surface area contributed by atoms with E-state index in [2.05, 4.69) is 139 Å². The topological polar surface area (TPSA) is 12.0 Å². The summed E-state index contributed by atoms with van der Waals surface area (Å²) in [5.41, 5.74) is 13.6. The van der Waals surface area contributed by atoms with Gasteiger partial charge in [0.15, 0.2) is 0 Å². The van der Waals surface area contributed by atoms with Gasteiger partial charge in [-0.3, -0.25) is 0 Å². The van der Waals surface area contributed by atoms with Gasteiger partial charge in [0.05, 0.1) is 0 Å². The molecule has 202 valence electrons. The van der Waals surface area contributed by atoms with Crippen molar-refractivity contribution in [1.82, 2.24) is 0 Å². The van der Waals surface area contributed by atoms with E-state index in [4.69, 9.17) is 0 Å². The third-order valence-electron chi connectivity index (χ3n) is 9.01. The Morgan fingerprint density at radius 2 is 1.51 bits per heavy atom. The maximum absolute atomic E-state index is 3.64. The Hall–Kier alpha value is -4.36. The largest absolute Gasteiger partial charge is 0.356 e. The summed E-state index contributed by atoms with van der Waals surface area (Å²) in [5, 5.41) is 3.64. The minimum absolute atomic E-state index is 0.489. The van der Waals surface area contributed by atoms with Gasteiger partial charge in [-0.05, 0) is 113 Å². The van der Waals surface area contributed by atoms with Crippen LogP contribution in [0.5, 0.6) is 0 Å². The van der Waals surface area contributed by atoms with Crippen molar-refractivity contribution in [2.24, 2.45) is 11.8 Å². The Morgan fingerprint density at radius 3 is 2.32 bits per heavy atom. The van der Waals surface area contributed by atoms with Gasteiger partial charge < -0.3 is 5.32 Å².